The Labute approximate surface area is 98.7 Å². The first-order chi connectivity index (χ1) is 7.84. The quantitative estimate of drug-likeness (QED) is 0.782. The summed E-state index contributed by atoms with van der Waals surface area (Å²) in [4.78, 5) is 0. The predicted molar refractivity (Wildman–Crippen MR) is 64.3 cm³/mol. The molecule has 2 fully saturated rings. The number of hydrogen-bond donors (Lipinski definition) is 1. The van der Waals surface area contributed by atoms with Crippen LogP contribution in [0.1, 0.15) is 44.9 Å². The first kappa shape index (κ1) is 12.3. The number of hydrogen-bond acceptors (Lipinski definition) is 3. The van der Waals surface area contributed by atoms with Crippen molar-refractivity contribution in [1.82, 2.24) is 0 Å². The molecule has 2 unspecified atom stereocenters. The molecule has 94 valence electrons. The Morgan fingerprint density at radius 3 is 2.62 bits per heavy atom. The molecule has 2 N–H and O–H groups in total. The van der Waals surface area contributed by atoms with E-state index in [0.717, 1.165) is 38.6 Å². The summed E-state index contributed by atoms with van der Waals surface area (Å²) in [5, 5.41) is 0. The maximum absolute atomic E-state index is 6.19. The van der Waals surface area contributed by atoms with Crippen LogP contribution >= 0.6 is 0 Å². The van der Waals surface area contributed by atoms with Gasteiger partial charge in [-0.05, 0) is 50.9 Å². The van der Waals surface area contributed by atoms with Gasteiger partial charge < -0.3 is 15.2 Å². The molecule has 2 saturated heterocycles. The fraction of sp³-hybridized carbons (Fsp3) is 1.00. The van der Waals surface area contributed by atoms with Crippen molar-refractivity contribution in [3.05, 3.63) is 0 Å². The van der Waals surface area contributed by atoms with Gasteiger partial charge in [-0.25, -0.2) is 0 Å². The molecule has 0 aromatic heterocycles. The van der Waals surface area contributed by atoms with Gasteiger partial charge in [-0.1, -0.05) is 0 Å². The standard InChI is InChI=1S/C13H25NO2/c14-12(3-4-13-2-1-7-16-13)10-11-5-8-15-9-6-11/h11-13H,1-10,14H2. The largest absolute Gasteiger partial charge is 0.381 e. The van der Waals surface area contributed by atoms with Gasteiger partial charge in [0.1, 0.15) is 0 Å². The van der Waals surface area contributed by atoms with E-state index in [9.17, 15) is 0 Å². The van der Waals surface area contributed by atoms with Gasteiger partial charge in [0.2, 0.25) is 0 Å². The van der Waals surface area contributed by atoms with Gasteiger partial charge >= 0.3 is 0 Å². The molecule has 0 radical (unpaired) electrons. The Hall–Kier alpha value is -0.120. The van der Waals surface area contributed by atoms with E-state index in [1.165, 1.54) is 32.1 Å². The summed E-state index contributed by atoms with van der Waals surface area (Å²) in [5.74, 6) is 0.799. The smallest absolute Gasteiger partial charge is 0.0576 e. The molecule has 0 aromatic carbocycles. The van der Waals surface area contributed by atoms with Crippen LogP contribution in [-0.2, 0) is 9.47 Å². The van der Waals surface area contributed by atoms with Crippen molar-refractivity contribution >= 4 is 0 Å². The zero-order valence-corrected chi connectivity index (χ0v) is 10.2. The van der Waals surface area contributed by atoms with E-state index in [4.69, 9.17) is 15.2 Å². The Morgan fingerprint density at radius 1 is 1.12 bits per heavy atom. The first-order valence-corrected chi connectivity index (χ1v) is 6.79. The van der Waals surface area contributed by atoms with Crippen LogP contribution in [0.3, 0.4) is 0 Å². The van der Waals surface area contributed by atoms with Crippen molar-refractivity contribution in [2.24, 2.45) is 11.7 Å². The van der Waals surface area contributed by atoms with Gasteiger partial charge in [0.05, 0.1) is 6.10 Å². The molecule has 16 heavy (non-hydrogen) atoms. The average molecular weight is 227 g/mol. The second-order valence-electron chi connectivity index (χ2n) is 5.26. The SMILES string of the molecule is NC(CCC1CCCO1)CC1CCOCC1. The number of nitrogens with two attached hydrogens (primary N) is 1. The number of rotatable bonds is 5. The molecule has 2 aliphatic rings. The Balaban J connectivity index is 1.57. The topological polar surface area (TPSA) is 44.5 Å². The fourth-order valence-corrected chi connectivity index (χ4v) is 2.80. The van der Waals surface area contributed by atoms with Crippen molar-refractivity contribution in [1.29, 1.82) is 0 Å². The lowest BCUT2D eigenvalue weighted by Crippen LogP contribution is -2.28. The van der Waals surface area contributed by atoms with Crippen molar-refractivity contribution in [2.45, 2.75) is 57.1 Å². The van der Waals surface area contributed by atoms with Gasteiger partial charge in [-0.2, -0.15) is 0 Å². The number of ether oxygens (including phenoxy) is 2. The van der Waals surface area contributed by atoms with Crippen LogP contribution in [0.2, 0.25) is 0 Å². The molecule has 2 aliphatic heterocycles. The van der Waals surface area contributed by atoms with Crippen molar-refractivity contribution in [3.63, 3.8) is 0 Å². The van der Waals surface area contributed by atoms with E-state index >= 15 is 0 Å². The fourth-order valence-electron chi connectivity index (χ4n) is 2.80. The molecule has 2 heterocycles. The van der Waals surface area contributed by atoms with E-state index < -0.39 is 0 Å². The van der Waals surface area contributed by atoms with Crippen LogP contribution in [0.5, 0.6) is 0 Å². The molecule has 0 spiro atoms. The first-order valence-electron chi connectivity index (χ1n) is 6.79. The van der Waals surface area contributed by atoms with Crippen LogP contribution < -0.4 is 5.73 Å². The van der Waals surface area contributed by atoms with E-state index in [1.807, 2.05) is 0 Å². The lowest BCUT2D eigenvalue weighted by atomic mass is 9.90. The minimum absolute atomic E-state index is 0.368. The molecule has 0 aromatic rings. The molecule has 2 atom stereocenters. The molecule has 0 aliphatic carbocycles. The highest BCUT2D eigenvalue weighted by atomic mass is 16.5. The predicted octanol–water partition coefficient (Wildman–Crippen LogP) is 2.09. The minimum Gasteiger partial charge on any atom is -0.381 e. The van der Waals surface area contributed by atoms with E-state index in [-0.39, 0.29) is 0 Å². The van der Waals surface area contributed by atoms with E-state index in [0.29, 0.717) is 12.1 Å². The lowest BCUT2D eigenvalue weighted by molar-refractivity contribution is 0.0600. The highest BCUT2D eigenvalue weighted by Gasteiger charge is 2.20. The normalized spacial score (nSPS) is 29.4. The third-order valence-corrected chi connectivity index (χ3v) is 3.86. The van der Waals surface area contributed by atoms with E-state index in [1.54, 1.807) is 0 Å². The summed E-state index contributed by atoms with van der Waals surface area (Å²) < 4.78 is 11.0. The molecule has 0 amide bonds. The summed E-state index contributed by atoms with van der Waals surface area (Å²) in [6.45, 7) is 2.83. The highest BCUT2D eigenvalue weighted by Crippen LogP contribution is 2.23. The van der Waals surface area contributed by atoms with Crippen molar-refractivity contribution < 1.29 is 9.47 Å². The molecular formula is C13H25NO2. The van der Waals surface area contributed by atoms with Crippen molar-refractivity contribution in [2.75, 3.05) is 19.8 Å². The van der Waals surface area contributed by atoms with Crippen LogP contribution in [0, 0.1) is 5.92 Å². The molecule has 0 saturated carbocycles. The average Bonchev–Trinajstić information content (AvgIpc) is 2.81. The summed E-state index contributed by atoms with van der Waals surface area (Å²) in [7, 11) is 0. The zero-order valence-electron chi connectivity index (χ0n) is 10.2. The highest BCUT2D eigenvalue weighted by molar-refractivity contribution is 4.74. The monoisotopic (exact) mass is 227 g/mol. The van der Waals surface area contributed by atoms with Crippen LogP contribution in [0.15, 0.2) is 0 Å². The Bertz CT molecular complexity index is 186. The van der Waals surface area contributed by atoms with Gasteiger partial charge in [-0.3, -0.25) is 0 Å². The molecule has 0 bridgehead atoms. The maximum atomic E-state index is 6.19. The summed E-state index contributed by atoms with van der Waals surface area (Å²) >= 11 is 0. The van der Waals surface area contributed by atoms with Gasteiger partial charge in [0, 0.05) is 25.9 Å². The Morgan fingerprint density at radius 2 is 1.94 bits per heavy atom. The third kappa shape index (κ3) is 4.04. The van der Waals surface area contributed by atoms with Gasteiger partial charge in [0.15, 0.2) is 0 Å². The molecule has 3 nitrogen and oxygen atoms in total. The van der Waals surface area contributed by atoms with Crippen LogP contribution in [0.4, 0.5) is 0 Å². The van der Waals surface area contributed by atoms with Crippen LogP contribution in [-0.4, -0.2) is 32.0 Å². The van der Waals surface area contributed by atoms with Crippen molar-refractivity contribution in [3.8, 4) is 0 Å². The molecular weight excluding hydrogens is 202 g/mol. The molecule has 2 rings (SSSR count). The molecule has 3 heteroatoms. The third-order valence-electron chi connectivity index (χ3n) is 3.86. The van der Waals surface area contributed by atoms with Gasteiger partial charge in [0.25, 0.3) is 0 Å². The van der Waals surface area contributed by atoms with Crippen LogP contribution in [0.25, 0.3) is 0 Å². The lowest BCUT2D eigenvalue weighted by Gasteiger charge is -2.25. The van der Waals surface area contributed by atoms with Gasteiger partial charge in [-0.15, -0.1) is 0 Å². The van der Waals surface area contributed by atoms with E-state index in [2.05, 4.69) is 0 Å². The summed E-state index contributed by atoms with van der Waals surface area (Å²) in [6, 6.07) is 0.368. The zero-order chi connectivity index (χ0) is 11.2. The Kier molecular flexibility index (Phi) is 5.07. The summed E-state index contributed by atoms with van der Waals surface area (Å²) in [6.07, 6.45) is 8.84. The second-order valence-corrected chi connectivity index (χ2v) is 5.26. The minimum atomic E-state index is 0.368. The second kappa shape index (κ2) is 6.58. The maximum Gasteiger partial charge on any atom is 0.0576 e. The summed E-state index contributed by atoms with van der Waals surface area (Å²) in [5.41, 5.74) is 6.19.